The summed E-state index contributed by atoms with van der Waals surface area (Å²) in [7, 11) is 0. The molecule has 0 radical (unpaired) electrons. The molecule has 2 aliphatic carbocycles. The lowest BCUT2D eigenvalue weighted by molar-refractivity contribution is 0.245. The van der Waals surface area contributed by atoms with Gasteiger partial charge in [0.25, 0.3) is 0 Å². The van der Waals surface area contributed by atoms with Crippen molar-refractivity contribution in [3.8, 4) is 17.2 Å². The normalized spacial score (nSPS) is 18.8. The van der Waals surface area contributed by atoms with Crippen LogP contribution in [0.3, 0.4) is 0 Å². The summed E-state index contributed by atoms with van der Waals surface area (Å²) in [6, 6.07) is 31.5. The molecule has 2 atom stereocenters. The molecule has 1 heterocycles. The van der Waals surface area contributed by atoms with E-state index in [-0.39, 0.29) is 23.5 Å². The monoisotopic (exact) mass is 518 g/mol. The van der Waals surface area contributed by atoms with E-state index < -0.39 is 0 Å². The lowest BCUT2D eigenvalue weighted by Gasteiger charge is -2.38. The Labute approximate surface area is 230 Å². The van der Waals surface area contributed by atoms with E-state index in [0.29, 0.717) is 0 Å². The maximum atomic E-state index is 10.3. The van der Waals surface area contributed by atoms with Crippen molar-refractivity contribution in [3.63, 3.8) is 0 Å². The Hall–Kier alpha value is -4.76. The van der Waals surface area contributed by atoms with E-state index in [9.17, 15) is 10.2 Å². The van der Waals surface area contributed by atoms with E-state index in [1.165, 1.54) is 43.8 Å². The minimum atomic E-state index is -0.0947. The van der Waals surface area contributed by atoms with Crippen LogP contribution in [-0.2, 0) is 12.8 Å². The van der Waals surface area contributed by atoms with Gasteiger partial charge in [-0.3, -0.25) is 0 Å². The van der Waals surface area contributed by atoms with Crippen molar-refractivity contribution >= 4 is 44.0 Å². The van der Waals surface area contributed by atoms with Crippen LogP contribution in [0.25, 0.3) is 44.0 Å². The zero-order valence-electron chi connectivity index (χ0n) is 21.8. The number of aromatic hydroxyl groups is 2. The maximum absolute atomic E-state index is 10.3. The molecule has 1 aliphatic heterocycles. The molecule has 0 saturated carbocycles. The predicted octanol–water partition coefficient (Wildman–Crippen LogP) is 6.58. The van der Waals surface area contributed by atoms with Gasteiger partial charge in [-0.25, -0.2) is 0 Å². The average molecular weight is 519 g/mol. The summed E-state index contributed by atoms with van der Waals surface area (Å²) in [6.45, 7) is 0. The van der Waals surface area contributed by atoms with Gasteiger partial charge in [-0.2, -0.15) is 0 Å². The summed E-state index contributed by atoms with van der Waals surface area (Å²) in [5.41, 5.74) is 6.51. The van der Waals surface area contributed by atoms with Crippen LogP contribution in [-0.4, -0.2) is 16.3 Å². The van der Waals surface area contributed by atoms with Crippen molar-refractivity contribution in [2.24, 2.45) is 0 Å². The second kappa shape index (κ2) is 7.89. The van der Waals surface area contributed by atoms with Crippen LogP contribution >= 0.6 is 0 Å². The first kappa shape index (κ1) is 22.1. The van der Waals surface area contributed by atoms with Crippen LogP contribution in [0.4, 0.5) is 0 Å². The molecule has 40 heavy (non-hydrogen) atoms. The number of hydrogen-bond acceptors (Lipinski definition) is 3. The Kier molecular flexibility index (Phi) is 4.36. The van der Waals surface area contributed by atoms with Gasteiger partial charge in [0.2, 0.25) is 0 Å². The molecule has 0 amide bonds. The Morgan fingerprint density at radius 1 is 0.675 bits per heavy atom. The molecule has 0 spiro atoms. The molecule has 0 bridgehead atoms. The summed E-state index contributed by atoms with van der Waals surface area (Å²) in [6.07, 6.45) is 4.96. The number of fused-ring (bicyclic) bond motifs is 5. The number of benzene rings is 6. The number of phenolic OH excluding ortho intramolecular Hbond substituents is 2. The van der Waals surface area contributed by atoms with Crippen LogP contribution in [0.5, 0.6) is 17.2 Å². The molecule has 9 rings (SSSR count). The quantitative estimate of drug-likeness (QED) is 0.242. The summed E-state index contributed by atoms with van der Waals surface area (Å²) >= 11 is 0. The fourth-order valence-electron chi connectivity index (χ4n) is 7.65. The van der Waals surface area contributed by atoms with Crippen molar-refractivity contribution in [2.75, 3.05) is 0 Å². The Balaban J connectivity index is 1.46. The highest BCUT2D eigenvalue weighted by Crippen LogP contribution is 2.51. The lowest BCUT2D eigenvalue weighted by Crippen LogP contribution is -2.41. The third kappa shape index (κ3) is 2.95. The topological polar surface area (TPSA) is 49.7 Å². The minimum Gasteiger partial charge on any atom is -0.508 e. The fraction of sp³-hybridized carbons (Fsp3) is 0.135. The number of ether oxygens (including phenoxy) is 1. The first-order chi connectivity index (χ1) is 19.6. The average Bonchev–Trinajstić information content (AvgIpc) is 2.98. The molecule has 3 heteroatoms. The molecule has 2 N–H and O–H groups in total. The molecule has 192 valence electrons. The second-order valence-corrected chi connectivity index (χ2v) is 11.4. The highest BCUT2D eigenvalue weighted by Gasteiger charge is 2.38. The van der Waals surface area contributed by atoms with Gasteiger partial charge < -0.3 is 14.9 Å². The van der Waals surface area contributed by atoms with Crippen molar-refractivity contribution in [1.29, 1.82) is 0 Å². The maximum Gasteiger partial charge on any atom is 0.125 e. The molecule has 0 aromatic heterocycles. The number of aryl methyl sites for hydroxylation is 2. The van der Waals surface area contributed by atoms with Gasteiger partial charge in [-0.15, -0.1) is 0 Å². The molecule has 6 aromatic rings. The molecule has 2 unspecified atom stereocenters. The van der Waals surface area contributed by atoms with Gasteiger partial charge in [0.05, 0.1) is 0 Å². The third-order valence-electron chi connectivity index (χ3n) is 9.32. The Bertz CT molecular complexity index is 2210. The van der Waals surface area contributed by atoms with E-state index in [1.54, 1.807) is 12.1 Å². The predicted molar refractivity (Wildman–Crippen MR) is 161 cm³/mol. The molecule has 6 aromatic carbocycles. The summed E-state index contributed by atoms with van der Waals surface area (Å²) in [4.78, 5) is 0. The van der Waals surface area contributed by atoms with Crippen LogP contribution in [0, 0.1) is 0 Å². The standard InChI is InChI=1S/C37H26O3/c38-25-10-14-27-23(18-25)8-16-31-35(27)37(36-28-15-11-26(39)19-24(28)9-17-32(36)40-31)30-13-7-22-5-4-20-2-1-3-21-6-12-29(30)34(22)33(20)21/h1-3,6-16,18-19,32,37-39H,4-5,17H2. The fourth-order valence-corrected chi connectivity index (χ4v) is 7.65. The zero-order valence-corrected chi connectivity index (χ0v) is 21.8. The van der Waals surface area contributed by atoms with Crippen LogP contribution < -0.4 is 15.2 Å². The zero-order chi connectivity index (χ0) is 26.5. The molecular formula is C37H26O3. The highest BCUT2D eigenvalue weighted by molar-refractivity contribution is 6.13. The third-order valence-corrected chi connectivity index (χ3v) is 9.32. The molecule has 3 aliphatic rings. The van der Waals surface area contributed by atoms with Crippen molar-refractivity contribution in [1.82, 2.24) is 0 Å². The number of hydrogen-bond donors (Lipinski definition) is 2. The SMILES string of the molecule is Oc1ccc2c(c1)=CCC1Oc3ccc4cc(O)ccc4c3C(c3ccc4c5c3ccc3cccc(c35)CC4)C=21. The molecular weight excluding hydrogens is 492 g/mol. The Morgan fingerprint density at radius 3 is 2.40 bits per heavy atom. The van der Waals surface area contributed by atoms with Crippen molar-refractivity contribution in [3.05, 3.63) is 124 Å². The van der Waals surface area contributed by atoms with E-state index in [0.717, 1.165) is 51.8 Å². The molecule has 0 fully saturated rings. The van der Waals surface area contributed by atoms with E-state index in [1.807, 2.05) is 30.3 Å². The van der Waals surface area contributed by atoms with Gasteiger partial charge in [-0.1, -0.05) is 66.7 Å². The first-order valence-electron chi connectivity index (χ1n) is 14.1. The highest BCUT2D eigenvalue weighted by atomic mass is 16.5. The van der Waals surface area contributed by atoms with Gasteiger partial charge in [0, 0.05) is 17.9 Å². The first-order valence-corrected chi connectivity index (χ1v) is 14.1. The summed E-state index contributed by atoms with van der Waals surface area (Å²) in [5.74, 6) is 1.40. The number of phenols is 2. The van der Waals surface area contributed by atoms with E-state index in [2.05, 4.69) is 54.6 Å². The second-order valence-electron chi connectivity index (χ2n) is 11.4. The minimum absolute atomic E-state index is 0.0421. The molecule has 3 nitrogen and oxygen atoms in total. The van der Waals surface area contributed by atoms with E-state index in [4.69, 9.17) is 4.74 Å². The van der Waals surface area contributed by atoms with Gasteiger partial charge in [0.15, 0.2) is 0 Å². The smallest absolute Gasteiger partial charge is 0.125 e. The largest absolute Gasteiger partial charge is 0.508 e. The van der Waals surface area contributed by atoms with Crippen molar-refractivity contribution in [2.45, 2.75) is 31.3 Å². The lowest BCUT2D eigenvalue weighted by atomic mass is 9.73. The van der Waals surface area contributed by atoms with Gasteiger partial charge in [0.1, 0.15) is 23.4 Å². The summed E-state index contributed by atoms with van der Waals surface area (Å²) < 4.78 is 6.76. The van der Waals surface area contributed by atoms with Crippen LogP contribution in [0.2, 0.25) is 0 Å². The Morgan fingerprint density at radius 2 is 1.48 bits per heavy atom. The van der Waals surface area contributed by atoms with Crippen LogP contribution in [0.1, 0.15) is 34.6 Å². The van der Waals surface area contributed by atoms with Gasteiger partial charge in [-0.05, 0) is 108 Å². The summed E-state index contributed by atoms with van der Waals surface area (Å²) in [5, 5.41) is 30.3. The van der Waals surface area contributed by atoms with Crippen molar-refractivity contribution < 1.29 is 14.9 Å². The van der Waals surface area contributed by atoms with Gasteiger partial charge >= 0.3 is 0 Å². The number of rotatable bonds is 1. The van der Waals surface area contributed by atoms with Crippen LogP contribution in [0.15, 0.2) is 91.0 Å². The van der Waals surface area contributed by atoms with E-state index >= 15 is 0 Å². The molecule has 0 saturated heterocycles.